The van der Waals surface area contributed by atoms with E-state index in [9.17, 15) is 4.79 Å². The van der Waals surface area contributed by atoms with E-state index in [0.29, 0.717) is 26.4 Å². The lowest BCUT2D eigenvalue weighted by Gasteiger charge is -2.03. The first-order valence-corrected chi connectivity index (χ1v) is 7.89. The number of benzene rings is 2. The van der Waals surface area contributed by atoms with Gasteiger partial charge in [-0.3, -0.25) is 0 Å². The molecule has 0 amide bonds. The van der Waals surface area contributed by atoms with Crippen molar-refractivity contribution >= 4 is 50.6 Å². The van der Waals surface area contributed by atoms with Crippen molar-refractivity contribution in [2.24, 2.45) is 0 Å². The maximum absolute atomic E-state index is 12.3. The molecule has 0 radical (unpaired) electrons. The molecule has 0 saturated carbocycles. The Hall–Kier alpha value is -1.75. The Bertz CT molecular complexity index is 858. The van der Waals surface area contributed by atoms with Gasteiger partial charge in [0.05, 0.1) is 12.1 Å². The molecule has 2 aromatic carbocycles. The van der Waals surface area contributed by atoms with Crippen LogP contribution in [0.5, 0.6) is 11.5 Å². The Balaban J connectivity index is 1.95. The fourth-order valence-electron chi connectivity index (χ4n) is 1.99. The molecule has 1 aromatic heterocycles. The van der Waals surface area contributed by atoms with E-state index in [0.717, 1.165) is 10.1 Å². The van der Waals surface area contributed by atoms with Gasteiger partial charge < -0.3 is 9.47 Å². The van der Waals surface area contributed by atoms with Gasteiger partial charge in [0.1, 0.15) is 16.4 Å². The quantitative estimate of drug-likeness (QED) is 0.465. The minimum absolute atomic E-state index is 0.352. The van der Waals surface area contributed by atoms with Crippen molar-refractivity contribution in [1.29, 1.82) is 0 Å². The number of hydrogen-bond donors (Lipinski definition) is 0. The standard InChI is InChI=1S/C16H10Cl2O3S/c1-20-10-5-6-13-12(8-10)14(18)15(22-13)16(19)21-11-4-2-3-9(17)7-11/h2-8H,1H3. The molecule has 0 aliphatic rings. The number of carbonyl (C=O) groups is 1. The number of halogens is 2. The monoisotopic (exact) mass is 352 g/mol. The molecule has 0 aliphatic heterocycles. The van der Waals surface area contributed by atoms with Gasteiger partial charge in [0.15, 0.2) is 0 Å². The fraction of sp³-hybridized carbons (Fsp3) is 0.0625. The first-order chi connectivity index (χ1) is 10.6. The molecule has 0 saturated heterocycles. The highest BCUT2D eigenvalue weighted by Gasteiger charge is 2.19. The molecular formula is C16H10Cl2O3S. The van der Waals surface area contributed by atoms with E-state index in [2.05, 4.69) is 0 Å². The molecule has 6 heteroatoms. The number of esters is 1. The number of carbonyl (C=O) groups excluding carboxylic acids is 1. The second-order valence-corrected chi connectivity index (χ2v) is 6.32. The van der Waals surface area contributed by atoms with E-state index < -0.39 is 5.97 Å². The maximum atomic E-state index is 12.3. The second-order valence-electron chi connectivity index (χ2n) is 4.45. The van der Waals surface area contributed by atoms with Crippen molar-refractivity contribution in [2.75, 3.05) is 7.11 Å². The normalized spacial score (nSPS) is 10.7. The molecule has 0 aliphatic carbocycles. The molecule has 3 rings (SSSR count). The van der Waals surface area contributed by atoms with Crippen molar-refractivity contribution in [3.05, 3.63) is 57.4 Å². The van der Waals surface area contributed by atoms with Crippen molar-refractivity contribution in [3.63, 3.8) is 0 Å². The average molecular weight is 353 g/mol. The van der Waals surface area contributed by atoms with Crippen molar-refractivity contribution < 1.29 is 14.3 Å². The smallest absolute Gasteiger partial charge is 0.355 e. The number of fused-ring (bicyclic) bond motifs is 1. The Kier molecular flexibility index (Phi) is 4.25. The van der Waals surface area contributed by atoms with Crippen LogP contribution in [0.2, 0.25) is 10.0 Å². The molecule has 0 fully saturated rings. The van der Waals surface area contributed by atoms with E-state index >= 15 is 0 Å². The Morgan fingerprint density at radius 2 is 1.91 bits per heavy atom. The molecule has 112 valence electrons. The van der Waals surface area contributed by atoms with E-state index in [4.69, 9.17) is 32.7 Å². The lowest BCUT2D eigenvalue weighted by Crippen LogP contribution is -2.06. The predicted molar refractivity (Wildman–Crippen MR) is 89.8 cm³/mol. The number of thiophene rings is 1. The summed E-state index contributed by atoms with van der Waals surface area (Å²) < 4.78 is 11.4. The van der Waals surface area contributed by atoms with Gasteiger partial charge in [0, 0.05) is 15.1 Å². The van der Waals surface area contributed by atoms with Crippen LogP contribution in [0.15, 0.2) is 42.5 Å². The third-order valence-electron chi connectivity index (χ3n) is 3.03. The van der Waals surface area contributed by atoms with Crippen LogP contribution in [-0.2, 0) is 0 Å². The SMILES string of the molecule is COc1ccc2sc(C(=O)Oc3cccc(Cl)c3)c(Cl)c2c1. The van der Waals surface area contributed by atoms with Gasteiger partial charge in [0.25, 0.3) is 0 Å². The van der Waals surface area contributed by atoms with Crippen molar-refractivity contribution in [3.8, 4) is 11.5 Å². The molecule has 0 unspecified atom stereocenters. The highest BCUT2D eigenvalue weighted by molar-refractivity contribution is 7.21. The first kappa shape index (κ1) is 15.2. The van der Waals surface area contributed by atoms with Crippen LogP contribution in [0.25, 0.3) is 10.1 Å². The summed E-state index contributed by atoms with van der Waals surface area (Å²) in [7, 11) is 1.58. The summed E-state index contributed by atoms with van der Waals surface area (Å²) in [6.45, 7) is 0. The van der Waals surface area contributed by atoms with Crippen LogP contribution in [0.1, 0.15) is 9.67 Å². The second kappa shape index (κ2) is 6.16. The lowest BCUT2D eigenvalue weighted by molar-refractivity contribution is 0.0740. The number of rotatable bonds is 3. The Morgan fingerprint density at radius 1 is 1.09 bits per heavy atom. The molecule has 3 aromatic rings. The summed E-state index contributed by atoms with van der Waals surface area (Å²) in [5.41, 5.74) is 0. The zero-order valence-electron chi connectivity index (χ0n) is 11.4. The highest BCUT2D eigenvalue weighted by Crippen LogP contribution is 2.37. The lowest BCUT2D eigenvalue weighted by atomic mass is 10.2. The van der Waals surface area contributed by atoms with Crippen LogP contribution in [0.3, 0.4) is 0 Å². The predicted octanol–water partition coefficient (Wildman–Crippen LogP) is 5.44. The van der Waals surface area contributed by atoms with Gasteiger partial charge in [-0.2, -0.15) is 0 Å². The summed E-state index contributed by atoms with van der Waals surface area (Å²) in [5, 5.41) is 1.63. The third kappa shape index (κ3) is 2.90. The highest BCUT2D eigenvalue weighted by atomic mass is 35.5. The van der Waals surface area contributed by atoms with Crippen LogP contribution in [-0.4, -0.2) is 13.1 Å². The molecule has 0 N–H and O–H groups in total. The summed E-state index contributed by atoms with van der Waals surface area (Å²) in [6, 6.07) is 12.1. The summed E-state index contributed by atoms with van der Waals surface area (Å²) in [6.07, 6.45) is 0. The fourth-order valence-corrected chi connectivity index (χ4v) is 3.53. The zero-order valence-corrected chi connectivity index (χ0v) is 13.8. The Labute approximate surface area is 141 Å². The molecule has 3 nitrogen and oxygen atoms in total. The van der Waals surface area contributed by atoms with Gasteiger partial charge in [0.2, 0.25) is 0 Å². The van der Waals surface area contributed by atoms with Gasteiger partial charge in [-0.05, 0) is 36.4 Å². The Morgan fingerprint density at radius 3 is 2.64 bits per heavy atom. The van der Waals surface area contributed by atoms with Gasteiger partial charge in [-0.15, -0.1) is 11.3 Å². The number of methoxy groups -OCH3 is 1. The molecule has 1 heterocycles. The van der Waals surface area contributed by atoms with Gasteiger partial charge in [-0.25, -0.2) is 4.79 Å². The molecule has 0 bridgehead atoms. The molecule has 0 atom stereocenters. The average Bonchev–Trinajstić information content (AvgIpc) is 2.84. The van der Waals surface area contributed by atoms with E-state index in [-0.39, 0.29) is 0 Å². The van der Waals surface area contributed by atoms with Crippen LogP contribution in [0, 0.1) is 0 Å². The topological polar surface area (TPSA) is 35.5 Å². The van der Waals surface area contributed by atoms with Crippen LogP contribution >= 0.6 is 34.5 Å². The molecule has 22 heavy (non-hydrogen) atoms. The summed E-state index contributed by atoms with van der Waals surface area (Å²) >= 11 is 13.5. The van der Waals surface area contributed by atoms with Crippen molar-refractivity contribution in [1.82, 2.24) is 0 Å². The van der Waals surface area contributed by atoms with Crippen LogP contribution in [0.4, 0.5) is 0 Å². The molecule has 0 spiro atoms. The number of hydrogen-bond acceptors (Lipinski definition) is 4. The maximum Gasteiger partial charge on any atom is 0.355 e. The zero-order chi connectivity index (χ0) is 15.7. The van der Waals surface area contributed by atoms with E-state index in [1.54, 1.807) is 37.4 Å². The largest absolute Gasteiger partial charge is 0.497 e. The van der Waals surface area contributed by atoms with Crippen molar-refractivity contribution in [2.45, 2.75) is 0 Å². The van der Waals surface area contributed by atoms with E-state index in [1.165, 1.54) is 11.3 Å². The van der Waals surface area contributed by atoms with Gasteiger partial charge in [-0.1, -0.05) is 29.3 Å². The van der Waals surface area contributed by atoms with Gasteiger partial charge >= 0.3 is 5.97 Å². The first-order valence-electron chi connectivity index (χ1n) is 6.32. The minimum Gasteiger partial charge on any atom is -0.497 e. The minimum atomic E-state index is -0.507. The summed E-state index contributed by atoms with van der Waals surface area (Å²) in [5.74, 6) is 0.554. The summed E-state index contributed by atoms with van der Waals surface area (Å²) in [4.78, 5) is 12.7. The van der Waals surface area contributed by atoms with E-state index in [1.807, 2.05) is 12.1 Å². The molecular weight excluding hydrogens is 343 g/mol. The number of ether oxygens (including phenoxy) is 2. The van der Waals surface area contributed by atoms with Crippen LogP contribution < -0.4 is 9.47 Å². The third-order valence-corrected chi connectivity index (χ3v) is 4.92.